The van der Waals surface area contributed by atoms with Crippen LogP contribution in [-0.2, 0) is 14.4 Å². The zero-order valence-electron chi connectivity index (χ0n) is 12.2. The highest BCUT2D eigenvalue weighted by Gasteiger charge is 2.14. The molecule has 0 bridgehead atoms. The third-order valence-corrected chi connectivity index (χ3v) is 2.49. The van der Waals surface area contributed by atoms with E-state index >= 15 is 0 Å². The molecule has 0 heterocycles. The highest BCUT2D eigenvalue weighted by atomic mass is 16.8. The van der Waals surface area contributed by atoms with Crippen molar-refractivity contribution in [1.82, 2.24) is 5.01 Å². The lowest BCUT2D eigenvalue weighted by Crippen LogP contribution is -2.29. The fourth-order valence-corrected chi connectivity index (χ4v) is 1.33. The number of carbonyl (C=O) groups is 2. The van der Waals surface area contributed by atoms with Crippen LogP contribution in [-0.4, -0.2) is 46.9 Å². The van der Waals surface area contributed by atoms with Gasteiger partial charge in [0.05, 0.1) is 30.5 Å². The number of aliphatic carboxylic acids is 1. The van der Waals surface area contributed by atoms with Crippen molar-refractivity contribution in [1.29, 1.82) is 0 Å². The molecule has 0 aliphatic carbocycles. The Morgan fingerprint density at radius 3 is 2.64 bits per heavy atom. The molecule has 1 atom stereocenters. The normalized spacial score (nSPS) is 12.4. The molecule has 0 saturated heterocycles. The number of hydrazine groups is 1. The summed E-state index contributed by atoms with van der Waals surface area (Å²) >= 11 is 0. The van der Waals surface area contributed by atoms with E-state index < -0.39 is 18.2 Å². The van der Waals surface area contributed by atoms with Crippen molar-refractivity contribution in [2.45, 2.75) is 19.6 Å². The summed E-state index contributed by atoms with van der Waals surface area (Å²) in [4.78, 5) is 26.9. The number of ether oxygens (including phenoxy) is 1. The van der Waals surface area contributed by atoms with E-state index in [1.54, 1.807) is 30.3 Å². The van der Waals surface area contributed by atoms with E-state index in [0.717, 1.165) is 5.01 Å². The molecule has 120 valence electrons. The van der Waals surface area contributed by atoms with Gasteiger partial charge in [0.1, 0.15) is 0 Å². The standard InChI is InChI=1S/C13H17N3O6/c1-10(21-13(19)11-6-4-3-5-7-11)22-14-16(20)15(2)9-8-12(17)18/h3-7,10H,8-9H2,1-2H3,(H,17,18)/b16-14-. The smallest absolute Gasteiger partial charge is 0.341 e. The Hall–Kier alpha value is -2.84. The van der Waals surface area contributed by atoms with Crippen LogP contribution in [0, 0.1) is 5.21 Å². The van der Waals surface area contributed by atoms with Crippen LogP contribution in [0.3, 0.4) is 0 Å². The number of carbonyl (C=O) groups excluding carboxylic acids is 1. The molecule has 1 aromatic rings. The maximum absolute atomic E-state index is 11.7. The quantitative estimate of drug-likeness (QED) is 0.254. The minimum absolute atomic E-state index is 0.0378. The molecular formula is C13H17N3O6. The zero-order chi connectivity index (χ0) is 16.5. The van der Waals surface area contributed by atoms with Gasteiger partial charge in [0.15, 0.2) is 0 Å². The van der Waals surface area contributed by atoms with E-state index in [2.05, 4.69) is 5.28 Å². The molecule has 1 rings (SSSR count). The van der Waals surface area contributed by atoms with Crippen molar-refractivity contribution >= 4 is 11.9 Å². The Labute approximate surface area is 126 Å². The highest BCUT2D eigenvalue weighted by molar-refractivity contribution is 5.89. The fourth-order valence-electron chi connectivity index (χ4n) is 1.33. The van der Waals surface area contributed by atoms with Crippen molar-refractivity contribution in [2.75, 3.05) is 13.6 Å². The highest BCUT2D eigenvalue weighted by Crippen LogP contribution is 2.05. The van der Waals surface area contributed by atoms with E-state index in [-0.39, 0.29) is 17.9 Å². The maximum atomic E-state index is 11.7. The first-order chi connectivity index (χ1) is 10.4. The van der Waals surface area contributed by atoms with Crippen molar-refractivity contribution < 1.29 is 29.2 Å². The van der Waals surface area contributed by atoms with Crippen molar-refractivity contribution in [3.63, 3.8) is 0 Å². The topological polar surface area (TPSA) is 114 Å². The summed E-state index contributed by atoms with van der Waals surface area (Å²) in [6.07, 6.45) is -1.29. The van der Waals surface area contributed by atoms with Gasteiger partial charge in [0.2, 0.25) is 5.28 Å². The van der Waals surface area contributed by atoms with Crippen molar-refractivity contribution in [3.8, 4) is 0 Å². The van der Waals surface area contributed by atoms with Crippen LogP contribution in [0.4, 0.5) is 0 Å². The summed E-state index contributed by atoms with van der Waals surface area (Å²) in [6, 6.07) is 8.28. The molecule has 0 aromatic heterocycles. The predicted molar refractivity (Wildman–Crippen MR) is 73.3 cm³/mol. The first kappa shape index (κ1) is 17.2. The van der Waals surface area contributed by atoms with Gasteiger partial charge in [-0.05, 0) is 12.1 Å². The number of benzene rings is 1. The van der Waals surface area contributed by atoms with Gasteiger partial charge < -0.3 is 15.1 Å². The van der Waals surface area contributed by atoms with E-state index in [1.807, 2.05) is 0 Å². The summed E-state index contributed by atoms with van der Waals surface area (Å²) in [7, 11) is 1.35. The lowest BCUT2D eigenvalue weighted by Gasteiger charge is -2.13. The fraction of sp³-hybridized carbons (Fsp3) is 0.385. The van der Waals surface area contributed by atoms with Crippen LogP contribution in [0.1, 0.15) is 23.7 Å². The van der Waals surface area contributed by atoms with E-state index in [0.29, 0.717) is 5.56 Å². The average molecular weight is 311 g/mol. The monoisotopic (exact) mass is 311 g/mol. The number of rotatable bonds is 8. The van der Waals surface area contributed by atoms with Gasteiger partial charge >= 0.3 is 11.9 Å². The zero-order valence-corrected chi connectivity index (χ0v) is 12.2. The SMILES string of the molecule is CC(O/N=[N+](\[O-])N(C)CCC(=O)O)OC(=O)c1ccccc1. The Kier molecular flexibility index (Phi) is 6.61. The Morgan fingerprint density at radius 2 is 2.05 bits per heavy atom. The van der Waals surface area contributed by atoms with Gasteiger partial charge in [-0.25, -0.2) is 4.79 Å². The van der Waals surface area contributed by atoms with Gasteiger partial charge in [-0.1, -0.05) is 18.2 Å². The number of carboxylic acids is 1. The number of esters is 1. The number of hydrogen-bond donors (Lipinski definition) is 1. The summed E-state index contributed by atoms with van der Waals surface area (Å²) < 4.78 is 4.93. The minimum atomic E-state index is -1.07. The Balaban J connectivity index is 2.44. The summed E-state index contributed by atoms with van der Waals surface area (Å²) in [5, 5.41) is 24.1. The third kappa shape index (κ3) is 6.07. The summed E-state index contributed by atoms with van der Waals surface area (Å²) in [5.41, 5.74) is 0.343. The lowest BCUT2D eigenvalue weighted by molar-refractivity contribution is -0.707. The van der Waals surface area contributed by atoms with E-state index in [1.165, 1.54) is 14.0 Å². The molecule has 9 nitrogen and oxygen atoms in total. The molecule has 0 radical (unpaired) electrons. The van der Waals surface area contributed by atoms with Crippen LogP contribution < -0.4 is 0 Å². The van der Waals surface area contributed by atoms with Gasteiger partial charge in [-0.15, -0.1) is 5.01 Å². The number of hydrogen-bond acceptors (Lipinski definition) is 6. The van der Waals surface area contributed by atoms with Gasteiger partial charge in [-0.2, -0.15) is 0 Å². The molecule has 1 N–H and O–H groups in total. The number of nitrogens with zero attached hydrogens (tertiary/aromatic N) is 3. The molecule has 1 unspecified atom stereocenters. The molecule has 0 aliphatic heterocycles. The summed E-state index contributed by atoms with van der Waals surface area (Å²) in [6.45, 7) is 1.36. The Bertz CT molecular complexity index is 534. The van der Waals surface area contributed by atoms with Gasteiger partial charge in [0, 0.05) is 6.92 Å². The second-order valence-electron chi connectivity index (χ2n) is 4.30. The number of carboxylic acid groups (broad SMARTS) is 1. The van der Waals surface area contributed by atoms with E-state index in [9.17, 15) is 14.8 Å². The molecule has 9 heteroatoms. The average Bonchev–Trinajstić information content (AvgIpc) is 2.50. The molecular weight excluding hydrogens is 294 g/mol. The first-order valence-electron chi connectivity index (χ1n) is 6.43. The molecule has 0 aliphatic rings. The van der Waals surface area contributed by atoms with Crippen LogP contribution in [0.2, 0.25) is 0 Å². The molecule has 22 heavy (non-hydrogen) atoms. The largest absolute Gasteiger partial charge is 0.569 e. The molecule has 0 spiro atoms. The molecule has 1 aromatic carbocycles. The van der Waals surface area contributed by atoms with Crippen LogP contribution in [0.25, 0.3) is 0 Å². The van der Waals surface area contributed by atoms with Crippen molar-refractivity contribution in [2.24, 2.45) is 5.28 Å². The maximum Gasteiger partial charge on any atom is 0.341 e. The summed E-state index contributed by atoms with van der Waals surface area (Å²) in [5.74, 6) is -1.65. The third-order valence-electron chi connectivity index (χ3n) is 2.49. The Morgan fingerprint density at radius 1 is 1.41 bits per heavy atom. The van der Waals surface area contributed by atoms with Gasteiger partial charge in [-0.3, -0.25) is 9.63 Å². The van der Waals surface area contributed by atoms with E-state index in [4.69, 9.17) is 14.7 Å². The van der Waals surface area contributed by atoms with Crippen LogP contribution in [0.15, 0.2) is 35.6 Å². The molecule has 0 amide bonds. The van der Waals surface area contributed by atoms with Gasteiger partial charge in [0.25, 0.3) is 6.29 Å². The second kappa shape index (κ2) is 8.45. The molecule has 0 saturated carbocycles. The van der Waals surface area contributed by atoms with Crippen molar-refractivity contribution in [3.05, 3.63) is 41.1 Å². The molecule has 0 fully saturated rings. The predicted octanol–water partition coefficient (Wildman–Crippen LogP) is 1.40. The first-order valence-corrected chi connectivity index (χ1v) is 6.43. The second-order valence-corrected chi connectivity index (χ2v) is 4.30. The lowest BCUT2D eigenvalue weighted by atomic mass is 10.2. The van der Waals surface area contributed by atoms with Crippen LogP contribution >= 0.6 is 0 Å². The van der Waals surface area contributed by atoms with Crippen LogP contribution in [0.5, 0.6) is 0 Å². The minimum Gasteiger partial charge on any atom is -0.569 e.